The van der Waals surface area contributed by atoms with Gasteiger partial charge in [-0.25, -0.2) is 13.1 Å². The van der Waals surface area contributed by atoms with Crippen LogP contribution in [-0.2, 0) is 14.6 Å². The van der Waals surface area contributed by atoms with Crippen molar-refractivity contribution in [1.29, 1.82) is 0 Å². The maximum Gasteiger partial charge on any atom is 0.251 e. The topological polar surface area (TPSA) is 122 Å². The molecule has 10 heteroatoms. The molecule has 1 saturated heterocycles. The van der Waals surface area contributed by atoms with Crippen LogP contribution in [0.25, 0.3) is 5.69 Å². The van der Waals surface area contributed by atoms with Gasteiger partial charge >= 0.3 is 0 Å². The lowest BCUT2D eigenvalue weighted by Gasteiger charge is -2.30. The number of nitrogens with zero attached hydrogens (tertiary/aromatic N) is 3. The Balaban J connectivity index is 1.69. The molecule has 1 aromatic carbocycles. The molecule has 1 fully saturated rings. The summed E-state index contributed by atoms with van der Waals surface area (Å²) in [4.78, 5) is 26.8. The highest BCUT2D eigenvalue weighted by atomic mass is 32.2. The monoisotopic (exact) mass is 434 g/mol. The zero-order valence-corrected chi connectivity index (χ0v) is 17.9. The smallest absolute Gasteiger partial charge is 0.251 e. The van der Waals surface area contributed by atoms with Crippen LogP contribution < -0.4 is 5.32 Å². The van der Waals surface area contributed by atoms with Gasteiger partial charge in [-0.2, -0.15) is 5.10 Å². The third-order valence-electron chi connectivity index (χ3n) is 5.06. The number of aromatic nitrogens is 2. The first-order valence-electron chi connectivity index (χ1n) is 9.75. The van der Waals surface area contributed by atoms with Crippen LogP contribution in [0.4, 0.5) is 0 Å². The van der Waals surface area contributed by atoms with E-state index in [1.807, 2.05) is 19.9 Å². The second-order valence-corrected chi connectivity index (χ2v) is 9.70. The molecule has 0 radical (unpaired) electrons. The molecule has 0 unspecified atom stereocenters. The van der Waals surface area contributed by atoms with Crippen molar-refractivity contribution in [3.8, 4) is 5.69 Å². The fourth-order valence-electron chi connectivity index (χ4n) is 3.43. The largest absolute Gasteiger partial charge is 0.396 e. The normalized spacial score (nSPS) is 16.8. The van der Waals surface area contributed by atoms with E-state index in [9.17, 15) is 23.1 Å². The van der Waals surface area contributed by atoms with Gasteiger partial charge in [-0.15, -0.1) is 0 Å². The molecule has 9 nitrogen and oxygen atoms in total. The fourth-order valence-corrected chi connectivity index (χ4v) is 4.63. The van der Waals surface area contributed by atoms with E-state index in [0.717, 1.165) is 17.1 Å². The van der Waals surface area contributed by atoms with Crippen LogP contribution in [0.3, 0.4) is 0 Å². The van der Waals surface area contributed by atoms with E-state index in [4.69, 9.17) is 0 Å². The summed E-state index contributed by atoms with van der Waals surface area (Å²) in [7, 11) is -3.12. The third-order valence-corrected chi connectivity index (χ3v) is 6.67. The molecule has 0 saturated carbocycles. The summed E-state index contributed by atoms with van der Waals surface area (Å²) in [6, 6.07) is 7.88. The van der Waals surface area contributed by atoms with Crippen molar-refractivity contribution in [2.45, 2.75) is 26.3 Å². The van der Waals surface area contributed by atoms with E-state index in [2.05, 4.69) is 10.4 Å². The minimum atomic E-state index is -3.12. The lowest BCUT2D eigenvalue weighted by atomic mass is 10.1. The van der Waals surface area contributed by atoms with Gasteiger partial charge < -0.3 is 15.3 Å². The Labute approximate surface area is 175 Å². The maximum absolute atomic E-state index is 12.7. The zero-order valence-electron chi connectivity index (χ0n) is 17.0. The van der Waals surface area contributed by atoms with E-state index >= 15 is 0 Å². The van der Waals surface area contributed by atoms with Crippen LogP contribution in [-0.4, -0.2) is 77.3 Å². The van der Waals surface area contributed by atoms with E-state index < -0.39 is 21.8 Å². The first kappa shape index (κ1) is 22.0. The molecule has 0 spiro atoms. The Bertz CT molecular complexity index is 1020. The Kier molecular flexibility index (Phi) is 6.57. The van der Waals surface area contributed by atoms with Gasteiger partial charge in [0, 0.05) is 31.0 Å². The molecule has 1 atom stereocenters. The lowest BCUT2D eigenvalue weighted by Crippen LogP contribution is -2.53. The number of benzene rings is 1. The van der Waals surface area contributed by atoms with Gasteiger partial charge in [-0.3, -0.25) is 9.59 Å². The summed E-state index contributed by atoms with van der Waals surface area (Å²) in [5, 5.41) is 16.4. The van der Waals surface area contributed by atoms with Gasteiger partial charge in [0.15, 0.2) is 9.84 Å². The molecule has 2 amide bonds. The number of hydrogen-bond acceptors (Lipinski definition) is 6. The number of nitrogens with one attached hydrogen (secondary N) is 1. The lowest BCUT2D eigenvalue weighted by molar-refractivity contribution is -0.133. The van der Waals surface area contributed by atoms with Crippen LogP contribution in [0.1, 0.15) is 28.2 Å². The molecular formula is C20H26N4O5S. The molecular weight excluding hydrogens is 408 g/mol. The molecule has 2 heterocycles. The van der Waals surface area contributed by atoms with Crippen LogP contribution in [0.5, 0.6) is 0 Å². The van der Waals surface area contributed by atoms with Gasteiger partial charge in [-0.05, 0) is 50.6 Å². The molecule has 1 aliphatic rings. The minimum absolute atomic E-state index is 0.0532. The molecule has 162 valence electrons. The Morgan fingerprint density at radius 3 is 2.33 bits per heavy atom. The average molecular weight is 435 g/mol. The second kappa shape index (κ2) is 8.97. The van der Waals surface area contributed by atoms with Crippen molar-refractivity contribution in [2.24, 2.45) is 0 Å². The predicted octanol–water partition coefficient (Wildman–Crippen LogP) is 0.227. The average Bonchev–Trinajstić information content (AvgIpc) is 3.05. The zero-order chi connectivity index (χ0) is 21.9. The van der Waals surface area contributed by atoms with Gasteiger partial charge in [-0.1, -0.05) is 0 Å². The van der Waals surface area contributed by atoms with Gasteiger partial charge in [0.2, 0.25) is 5.91 Å². The highest BCUT2D eigenvalue weighted by Crippen LogP contribution is 2.14. The number of aryl methyl sites for hydroxylation is 2. The Hall–Kier alpha value is -2.72. The van der Waals surface area contributed by atoms with E-state index in [-0.39, 0.29) is 43.5 Å². The first-order chi connectivity index (χ1) is 14.2. The standard InChI is InChI=1S/C20H26N4O5S/c1-14-13-15(2)24(22-14)17-5-3-16(4-6-17)19(26)21-18(7-10-25)20(27)23-8-11-30(28,29)12-9-23/h3-6,13,18,25H,7-12H2,1-2H3,(H,21,26)/t18-/m0/s1. The van der Waals surface area contributed by atoms with E-state index in [1.54, 1.807) is 28.9 Å². The summed E-state index contributed by atoms with van der Waals surface area (Å²) in [6.45, 7) is 3.76. The summed E-state index contributed by atoms with van der Waals surface area (Å²) < 4.78 is 24.9. The van der Waals surface area contributed by atoms with E-state index in [0.29, 0.717) is 5.56 Å². The number of hydrogen-bond donors (Lipinski definition) is 2. The highest BCUT2D eigenvalue weighted by molar-refractivity contribution is 7.91. The molecule has 3 rings (SSSR count). The summed E-state index contributed by atoms with van der Waals surface area (Å²) in [5.74, 6) is -1.00. The maximum atomic E-state index is 12.7. The number of carbonyl (C=O) groups is 2. The number of carbonyl (C=O) groups excluding carboxylic acids is 2. The van der Waals surface area contributed by atoms with Crippen LogP contribution >= 0.6 is 0 Å². The summed E-state index contributed by atoms with van der Waals surface area (Å²) >= 11 is 0. The van der Waals surface area contributed by atoms with Crippen molar-refractivity contribution in [2.75, 3.05) is 31.2 Å². The quantitative estimate of drug-likeness (QED) is 0.671. The predicted molar refractivity (Wildman–Crippen MR) is 111 cm³/mol. The Morgan fingerprint density at radius 2 is 1.80 bits per heavy atom. The van der Waals surface area contributed by atoms with Gasteiger partial charge in [0.25, 0.3) is 5.91 Å². The molecule has 0 bridgehead atoms. The SMILES string of the molecule is Cc1cc(C)n(-c2ccc(C(=O)N[C@@H](CCO)C(=O)N3CCS(=O)(=O)CC3)cc2)n1. The summed E-state index contributed by atoms with van der Waals surface area (Å²) in [5.41, 5.74) is 3.05. The first-order valence-corrected chi connectivity index (χ1v) is 11.6. The van der Waals surface area contributed by atoms with Crippen LogP contribution in [0.2, 0.25) is 0 Å². The van der Waals surface area contributed by atoms with Crippen molar-refractivity contribution >= 4 is 21.7 Å². The molecule has 0 aliphatic carbocycles. The number of rotatable bonds is 6. The number of amides is 2. The van der Waals surface area contributed by atoms with Gasteiger partial charge in [0.1, 0.15) is 6.04 Å². The van der Waals surface area contributed by atoms with Crippen molar-refractivity contribution in [3.05, 3.63) is 47.3 Å². The Morgan fingerprint density at radius 1 is 1.17 bits per heavy atom. The fraction of sp³-hybridized carbons (Fsp3) is 0.450. The van der Waals surface area contributed by atoms with Crippen LogP contribution in [0, 0.1) is 13.8 Å². The number of sulfone groups is 1. The van der Waals surface area contributed by atoms with Gasteiger partial charge in [0.05, 0.1) is 22.9 Å². The highest BCUT2D eigenvalue weighted by Gasteiger charge is 2.30. The van der Waals surface area contributed by atoms with Crippen molar-refractivity contribution in [3.63, 3.8) is 0 Å². The molecule has 1 aliphatic heterocycles. The second-order valence-electron chi connectivity index (χ2n) is 7.40. The number of aliphatic hydroxyl groups excluding tert-OH is 1. The minimum Gasteiger partial charge on any atom is -0.396 e. The third kappa shape index (κ3) is 5.06. The molecule has 1 aromatic heterocycles. The molecule has 30 heavy (non-hydrogen) atoms. The van der Waals surface area contributed by atoms with Crippen LogP contribution in [0.15, 0.2) is 30.3 Å². The van der Waals surface area contributed by atoms with Crippen molar-refractivity contribution < 1.29 is 23.1 Å². The molecule has 2 aromatic rings. The number of aliphatic hydroxyl groups is 1. The summed E-state index contributed by atoms with van der Waals surface area (Å²) in [6.07, 6.45) is 0.0532. The van der Waals surface area contributed by atoms with E-state index in [1.165, 1.54) is 4.90 Å². The van der Waals surface area contributed by atoms with Crippen molar-refractivity contribution in [1.82, 2.24) is 20.0 Å². The molecule has 2 N–H and O–H groups in total.